The van der Waals surface area contributed by atoms with Crippen LogP contribution in [0.4, 0.5) is 0 Å². The molecule has 82 valence electrons. The second-order valence-corrected chi connectivity index (χ2v) is 5.18. The number of aromatic nitrogens is 4. The van der Waals surface area contributed by atoms with E-state index in [1.807, 2.05) is 18.2 Å². The van der Waals surface area contributed by atoms with Gasteiger partial charge in [-0.05, 0) is 47.8 Å². The third-order valence-electron chi connectivity index (χ3n) is 3.05. The Morgan fingerprint density at radius 3 is 2.88 bits per heavy atom. The van der Waals surface area contributed by atoms with Gasteiger partial charge in [-0.3, -0.25) is 0 Å². The summed E-state index contributed by atoms with van der Waals surface area (Å²) in [4.78, 5) is 4.41. The molecule has 0 atom stereocenters. The molecule has 0 spiro atoms. The van der Waals surface area contributed by atoms with Gasteiger partial charge >= 0.3 is 0 Å². The van der Waals surface area contributed by atoms with Gasteiger partial charge in [0.2, 0.25) is 0 Å². The zero-order valence-corrected chi connectivity index (χ0v) is 10.5. The third-order valence-corrected chi connectivity index (χ3v) is 3.49. The summed E-state index contributed by atoms with van der Waals surface area (Å²) in [5, 5.41) is 8.16. The molecule has 0 radical (unpaired) electrons. The van der Waals surface area contributed by atoms with Gasteiger partial charge in [-0.25, -0.2) is 4.98 Å². The molecule has 0 unspecified atom stereocenters. The maximum Gasteiger partial charge on any atom is 0.182 e. The van der Waals surface area contributed by atoms with Crippen LogP contribution in [0.15, 0.2) is 29.1 Å². The van der Waals surface area contributed by atoms with Crippen molar-refractivity contribution in [3.63, 3.8) is 0 Å². The average Bonchev–Trinajstić information content (AvgIpc) is 2.83. The highest BCUT2D eigenvalue weighted by Crippen LogP contribution is 2.44. The van der Waals surface area contributed by atoms with Crippen molar-refractivity contribution in [1.82, 2.24) is 19.7 Å². The molecule has 0 amide bonds. The van der Waals surface area contributed by atoms with Crippen molar-refractivity contribution in [2.24, 2.45) is 0 Å². The Morgan fingerprint density at radius 1 is 1.38 bits per heavy atom. The smallest absolute Gasteiger partial charge is 0.182 e. The van der Waals surface area contributed by atoms with Crippen LogP contribution in [0.2, 0.25) is 0 Å². The number of hydrogen-bond donors (Lipinski definition) is 0. The summed E-state index contributed by atoms with van der Waals surface area (Å²) in [7, 11) is 0. The molecular formula is C11H11BrN4. The molecule has 0 saturated heterocycles. The van der Waals surface area contributed by atoms with Gasteiger partial charge < -0.3 is 4.57 Å². The fraction of sp³-hybridized carbons (Fsp3) is 0.364. The first kappa shape index (κ1) is 9.96. The van der Waals surface area contributed by atoms with Gasteiger partial charge in [0.1, 0.15) is 16.6 Å². The molecule has 1 fully saturated rings. The number of halogens is 1. The maximum absolute atomic E-state index is 4.41. The van der Waals surface area contributed by atoms with Crippen LogP contribution in [0, 0.1) is 0 Å². The highest BCUT2D eigenvalue weighted by molar-refractivity contribution is 9.10. The highest BCUT2D eigenvalue weighted by atomic mass is 79.9. The molecule has 2 aromatic rings. The summed E-state index contributed by atoms with van der Waals surface area (Å²) >= 11 is 3.37. The van der Waals surface area contributed by atoms with E-state index in [0.29, 0.717) is 0 Å². The van der Waals surface area contributed by atoms with Crippen LogP contribution in [0.25, 0.3) is 11.5 Å². The summed E-state index contributed by atoms with van der Waals surface area (Å²) in [6, 6.07) is 5.82. The zero-order valence-electron chi connectivity index (χ0n) is 8.89. The van der Waals surface area contributed by atoms with E-state index in [1.165, 1.54) is 12.8 Å². The molecule has 0 aliphatic heterocycles. The number of pyridine rings is 1. The second-order valence-electron chi connectivity index (χ2n) is 4.37. The Balaban J connectivity index is 2.10. The van der Waals surface area contributed by atoms with E-state index in [9.17, 15) is 0 Å². The molecule has 16 heavy (non-hydrogen) atoms. The SMILES string of the molecule is CC1(n2cnnc2-c2cccc(Br)n2)CC1. The molecule has 0 aromatic carbocycles. The largest absolute Gasteiger partial charge is 0.306 e. The summed E-state index contributed by atoms with van der Waals surface area (Å²) in [5.74, 6) is 0.848. The lowest BCUT2D eigenvalue weighted by Gasteiger charge is -2.12. The standard InChI is InChI=1S/C11H11BrN4/c1-11(5-6-11)16-7-13-15-10(16)8-3-2-4-9(12)14-8/h2-4,7H,5-6H2,1H3. The molecule has 1 aliphatic rings. The summed E-state index contributed by atoms with van der Waals surface area (Å²) < 4.78 is 2.95. The number of hydrogen-bond acceptors (Lipinski definition) is 3. The van der Waals surface area contributed by atoms with Gasteiger partial charge in [0.25, 0.3) is 0 Å². The van der Waals surface area contributed by atoms with E-state index in [4.69, 9.17) is 0 Å². The second kappa shape index (κ2) is 3.38. The van der Waals surface area contributed by atoms with E-state index in [0.717, 1.165) is 16.1 Å². The highest BCUT2D eigenvalue weighted by Gasteiger charge is 2.41. The first-order chi connectivity index (χ1) is 7.69. The van der Waals surface area contributed by atoms with Crippen molar-refractivity contribution in [2.45, 2.75) is 25.3 Å². The molecule has 5 heteroatoms. The Kier molecular flexibility index (Phi) is 2.10. The Bertz CT molecular complexity index is 530. The molecule has 4 nitrogen and oxygen atoms in total. The van der Waals surface area contributed by atoms with Crippen molar-refractivity contribution < 1.29 is 0 Å². The van der Waals surface area contributed by atoms with Crippen LogP contribution >= 0.6 is 15.9 Å². The van der Waals surface area contributed by atoms with Crippen LogP contribution in [0.1, 0.15) is 19.8 Å². The average molecular weight is 279 g/mol. The molecule has 0 bridgehead atoms. The number of rotatable bonds is 2. The Morgan fingerprint density at radius 2 is 2.19 bits per heavy atom. The topological polar surface area (TPSA) is 43.6 Å². The minimum Gasteiger partial charge on any atom is -0.306 e. The van der Waals surface area contributed by atoms with E-state index < -0.39 is 0 Å². The van der Waals surface area contributed by atoms with Crippen molar-refractivity contribution in [3.8, 4) is 11.5 Å². The van der Waals surface area contributed by atoms with E-state index in [-0.39, 0.29) is 5.54 Å². The van der Waals surface area contributed by atoms with E-state index in [1.54, 1.807) is 6.33 Å². The van der Waals surface area contributed by atoms with Crippen molar-refractivity contribution in [1.29, 1.82) is 0 Å². The molecule has 0 N–H and O–H groups in total. The molecular weight excluding hydrogens is 268 g/mol. The van der Waals surface area contributed by atoms with E-state index in [2.05, 4.69) is 42.6 Å². The fourth-order valence-electron chi connectivity index (χ4n) is 1.76. The summed E-state index contributed by atoms with van der Waals surface area (Å²) in [6.07, 6.45) is 4.17. The quantitative estimate of drug-likeness (QED) is 0.794. The predicted molar refractivity (Wildman–Crippen MR) is 63.8 cm³/mol. The minimum atomic E-state index is 0.197. The Hall–Kier alpha value is -1.23. The van der Waals surface area contributed by atoms with Crippen molar-refractivity contribution in [3.05, 3.63) is 29.1 Å². The molecule has 3 rings (SSSR count). The van der Waals surface area contributed by atoms with Crippen molar-refractivity contribution >= 4 is 15.9 Å². The first-order valence-electron chi connectivity index (χ1n) is 5.22. The van der Waals surface area contributed by atoms with Gasteiger partial charge in [0, 0.05) is 5.54 Å². The van der Waals surface area contributed by atoms with Crippen molar-refractivity contribution in [2.75, 3.05) is 0 Å². The van der Waals surface area contributed by atoms with Gasteiger partial charge in [-0.15, -0.1) is 10.2 Å². The molecule has 2 heterocycles. The lowest BCUT2D eigenvalue weighted by Crippen LogP contribution is -2.13. The summed E-state index contributed by atoms with van der Waals surface area (Å²) in [5.41, 5.74) is 1.06. The zero-order chi connectivity index (χ0) is 11.2. The molecule has 2 aromatic heterocycles. The van der Waals surface area contributed by atoms with Crippen LogP contribution in [-0.4, -0.2) is 19.7 Å². The Labute approximate surface area is 102 Å². The number of nitrogens with zero attached hydrogens (tertiary/aromatic N) is 4. The van der Waals surface area contributed by atoms with Gasteiger partial charge in [0.05, 0.1) is 0 Å². The van der Waals surface area contributed by atoms with Crippen LogP contribution < -0.4 is 0 Å². The maximum atomic E-state index is 4.41. The van der Waals surface area contributed by atoms with Gasteiger partial charge in [-0.1, -0.05) is 6.07 Å². The van der Waals surface area contributed by atoms with Crippen LogP contribution in [0.3, 0.4) is 0 Å². The first-order valence-corrected chi connectivity index (χ1v) is 6.02. The van der Waals surface area contributed by atoms with E-state index >= 15 is 0 Å². The van der Waals surface area contributed by atoms with Gasteiger partial charge in [0.15, 0.2) is 5.82 Å². The van der Waals surface area contributed by atoms with Crippen LogP contribution in [0.5, 0.6) is 0 Å². The monoisotopic (exact) mass is 278 g/mol. The fourth-order valence-corrected chi connectivity index (χ4v) is 2.10. The lowest BCUT2D eigenvalue weighted by molar-refractivity contribution is 0.535. The molecule has 1 aliphatic carbocycles. The third kappa shape index (κ3) is 1.55. The lowest BCUT2D eigenvalue weighted by atomic mass is 10.3. The normalized spacial score (nSPS) is 17.4. The molecule has 1 saturated carbocycles. The van der Waals surface area contributed by atoms with Gasteiger partial charge in [-0.2, -0.15) is 0 Å². The minimum absolute atomic E-state index is 0.197. The predicted octanol–water partition coefficient (Wildman–Crippen LogP) is 2.61. The van der Waals surface area contributed by atoms with Crippen LogP contribution in [-0.2, 0) is 5.54 Å². The summed E-state index contributed by atoms with van der Waals surface area (Å²) in [6.45, 7) is 2.22.